The molecular weight excluding hydrogens is 266 g/mol. The molecule has 2 aromatic rings. The summed E-state index contributed by atoms with van der Waals surface area (Å²) in [5.41, 5.74) is 1.36. The Labute approximate surface area is 125 Å². The molecule has 0 fully saturated rings. The van der Waals surface area contributed by atoms with Crippen molar-refractivity contribution in [3.63, 3.8) is 0 Å². The first-order chi connectivity index (χ1) is 9.70. The molecule has 108 valence electrons. The molecule has 1 aromatic heterocycles. The summed E-state index contributed by atoms with van der Waals surface area (Å²) in [6, 6.07) is 9.22. The minimum atomic E-state index is 0.412. The van der Waals surface area contributed by atoms with Crippen molar-refractivity contribution in [2.45, 2.75) is 31.2 Å². The molecule has 0 aliphatic rings. The van der Waals surface area contributed by atoms with Crippen LogP contribution in [0.3, 0.4) is 0 Å². The molecule has 0 aliphatic heterocycles. The number of thioether (sulfide) groups is 1. The first kappa shape index (κ1) is 15.1. The molecule has 20 heavy (non-hydrogen) atoms. The number of nitrogens with zero attached hydrogens (tertiary/aromatic N) is 2. The van der Waals surface area contributed by atoms with Gasteiger partial charge in [0.25, 0.3) is 0 Å². The quantitative estimate of drug-likeness (QED) is 0.792. The fourth-order valence-corrected chi connectivity index (χ4v) is 3.11. The summed E-state index contributed by atoms with van der Waals surface area (Å²) in [5.74, 6) is 2.21. The van der Waals surface area contributed by atoms with E-state index in [2.05, 4.69) is 53.0 Å². The largest absolute Gasteiger partial charge is 0.338 e. The van der Waals surface area contributed by atoms with Crippen LogP contribution < -0.4 is 5.32 Å². The number of hydrogen-bond acceptors (Lipinski definition) is 3. The van der Waals surface area contributed by atoms with Gasteiger partial charge in [0.15, 0.2) is 0 Å². The van der Waals surface area contributed by atoms with Gasteiger partial charge in [0.1, 0.15) is 5.82 Å². The van der Waals surface area contributed by atoms with Crippen LogP contribution >= 0.6 is 11.8 Å². The second-order valence-corrected chi connectivity index (χ2v) is 6.07. The molecule has 0 spiro atoms. The molecule has 1 atom stereocenters. The molecule has 1 unspecified atom stereocenters. The van der Waals surface area contributed by atoms with Gasteiger partial charge in [0, 0.05) is 42.6 Å². The van der Waals surface area contributed by atoms with Gasteiger partial charge in [-0.05, 0) is 31.2 Å². The van der Waals surface area contributed by atoms with E-state index in [1.165, 1.54) is 10.5 Å². The minimum Gasteiger partial charge on any atom is -0.338 e. The fraction of sp³-hybridized carbons (Fsp3) is 0.438. The molecule has 0 amide bonds. The number of rotatable bonds is 7. The smallest absolute Gasteiger partial charge is 0.109 e. The normalized spacial score (nSPS) is 12.6. The van der Waals surface area contributed by atoms with Crippen molar-refractivity contribution in [2.24, 2.45) is 7.05 Å². The topological polar surface area (TPSA) is 29.9 Å². The summed E-state index contributed by atoms with van der Waals surface area (Å²) >= 11 is 1.90. The fourth-order valence-electron chi connectivity index (χ4n) is 2.20. The lowest BCUT2D eigenvalue weighted by Crippen LogP contribution is -2.17. The highest BCUT2D eigenvalue weighted by molar-refractivity contribution is 7.99. The third kappa shape index (κ3) is 4.12. The van der Waals surface area contributed by atoms with Gasteiger partial charge in [-0.3, -0.25) is 0 Å². The van der Waals surface area contributed by atoms with Gasteiger partial charge in [0.2, 0.25) is 0 Å². The second kappa shape index (κ2) is 7.50. The Morgan fingerprint density at radius 3 is 2.95 bits per heavy atom. The summed E-state index contributed by atoms with van der Waals surface area (Å²) in [7, 11) is 2.05. The Bertz CT molecular complexity index is 536. The zero-order valence-corrected chi connectivity index (χ0v) is 13.3. The number of aromatic nitrogens is 2. The molecule has 4 heteroatoms. The highest BCUT2D eigenvalue weighted by atomic mass is 32.2. The van der Waals surface area contributed by atoms with Crippen molar-refractivity contribution in [3.05, 3.63) is 48.0 Å². The van der Waals surface area contributed by atoms with Crippen molar-refractivity contribution in [1.29, 1.82) is 0 Å². The Morgan fingerprint density at radius 1 is 1.40 bits per heavy atom. The summed E-state index contributed by atoms with van der Waals surface area (Å²) in [6.45, 7) is 5.35. The van der Waals surface area contributed by atoms with E-state index in [-0.39, 0.29) is 0 Å². The lowest BCUT2D eigenvalue weighted by Gasteiger charge is -2.13. The average molecular weight is 289 g/mol. The third-order valence-corrected chi connectivity index (χ3v) is 4.38. The standard InChI is InChI=1S/C16H23N3S/c1-4-17-13(2)14-6-5-7-15(12-14)20-11-8-16-18-9-10-19(16)3/h5-7,9-10,12-13,17H,4,8,11H2,1-3H3. The summed E-state index contributed by atoms with van der Waals surface area (Å²) in [5, 5.41) is 3.45. The van der Waals surface area contributed by atoms with Crippen molar-refractivity contribution in [3.8, 4) is 0 Å². The van der Waals surface area contributed by atoms with Crippen molar-refractivity contribution in [1.82, 2.24) is 14.9 Å². The van der Waals surface area contributed by atoms with Crippen LogP contribution in [-0.4, -0.2) is 21.8 Å². The van der Waals surface area contributed by atoms with Gasteiger partial charge in [-0.25, -0.2) is 4.98 Å². The maximum Gasteiger partial charge on any atom is 0.109 e. The van der Waals surface area contributed by atoms with E-state index in [1.54, 1.807) is 0 Å². The van der Waals surface area contributed by atoms with Crippen molar-refractivity contribution in [2.75, 3.05) is 12.3 Å². The first-order valence-electron chi connectivity index (χ1n) is 7.13. The van der Waals surface area contributed by atoms with E-state index in [0.717, 1.165) is 24.5 Å². The lowest BCUT2D eigenvalue weighted by atomic mass is 10.1. The van der Waals surface area contributed by atoms with Gasteiger partial charge < -0.3 is 9.88 Å². The average Bonchev–Trinajstić information content (AvgIpc) is 2.85. The predicted molar refractivity (Wildman–Crippen MR) is 86.2 cm³/mol. The summed E-state index contributed by atoms with van der Waals surface area (Å²) in [6.07, 6.45) is 4.86. The molecule has 1 aromatic carbocycles. The van der Waals surface area contributed by atoms with Crippen LogP contribution in [0.25, 0.3) is 0 Å². The zero-order valence-electron chi connectivity index (χ0n) is 12.5. The minimum absolute atomic E-state index is 0.412. The molecular formula is C16H23N3S. The van der Waals surface area contributed by atoms with Gasteiger partial charge in [-0.2, -0.15) is 0 Å². The molecule has 0 radical (unpaired) electrons. The lowest BCUT2D eigenvalue weighted by molar-refractivity contribution is 0.597. The predicted octanol–water partition coefficient (Wildman–Crippen LogP) is 3.43. The van der Waals surface area contributed by atoms with Gasteiger partial charge >= 0.3 is 0 Å². The summed E-state index contributed by atoms with van der Waals surface area (Å²) < 4.78 is 2.09. The second-order valence-electron chi connectivity index (χ2n) is 4.90. The maximum atomic E-state index is 4.36. The number of hydrogen-bond donors (Lipinski definition) is 1. The van der Waals surface area contributed by atoms with Crippen LogP contribution in [0.15, 0.2) is 41.6 Å². The molecule has 0 bridgehead atoms. The van der Waals surface area contributed by atoms with Gasteiger partial charge in [-0.15, -0.1) is 11.8 Å². The number of aryl methyl sites for hydroxylation is 2. The van der Waals surface area contributed by atoms with Crippen LogP contribution in [0.1, 0.15) is 31.3 Å². The van der Waals surface area contributed by atoms with Crippen LogP contribution in [0.5, 0.6) is 0 Å². The van der Waals surface area contributed by atoms with Crippen LogP contribution in [0, 0.1) is 0 Å². The molecule has 1 N–H and O–H groups in total. The van der Waals surface area contributed by atoms with Crippen molar-refractivity contribution < 1.29 is 0 Å². The molecule has 2 rings (SSSR count). The Kier molecular flexibility index (Phi) is 5.68. The molecule has 0 saturated carbocycles. The highest BCUT2D eigenvalue weighted by Crippen LogP contribution is 2.23. The van der Waals surface area contributed by atoms with E-state index < -0.39 is 0 Å². The molecule has 1 heterocycles. The van der Waals surface area contributed by atoms with E-state index in [1.807, 2.05) is 31.2 Å². The molecule has 3 nitrogen and oxygen atoms in total. The Hall–Kier alpha value is -1.26. The number of nitrogens with one attached hydrogen (secondary N) is 1. The van der Waals surface area contributed by atoms with Crippen LogP contribution in [-0.2, 0) is 13.5 Å². The third-order valence-electron chi connectivity index (χ3n) is 3.38. The van der Waals surface area contributed by atoms with E-state index in [4.69, 9.17) is 0 Å². The maximum absolute atomic E-state index is 4.36. The highest BCUT2D eigenvalue weighted by Gasteiger charge is 2.05. The van der Waals surface area contributed by atoms with Crippen molar-refractivity contribution >= 4 is 11.8 Å². The van der Waals surface area contributed by atoms with E-state index >= 15 is 0 Å². The Balaban J connectivity index is 1.90. The van der Waals surface area contributed by atoms with Gasteiger partial charge in [-0.1, -0.05) is 19.1 Å². The number of benzene rings is 1. The Morgan fingerprint density at radius 2 is 2.25 bits per heavy atom. The molecule has 0 saturated heterocycles. The van der Waals surface area contributed by atoms with E-state index in [0.29, 0.717) is 6.04 Å². The van der Waals surface area contributed by atoms with Gasteiger partial charge in [0.05, 0.1) is 0 Å². The SMILES string of the molecule is CCNC(C)c1cccc(SCCc2nccn2C)c1. The monoisotopic (exact) mass is 289 g/mol. The zero-order chi connectivity index (χ0) is 14.4. The summed E-state index contributed by atoms with van der Waals surface area (Å²) in [4.78, 5) is 5.69. The van der Waals surface area contributed by atoms with Crippen LogP contribution in [0.4, 0.5) is 0 Å². The molecule has 0 aliphatic carbocycles. The van der Waals surface area contributed by atoms with Crippen LogP contribution in [0.2, 0.25) is 0 Å². The first-order valence-corrected chi connectivity index (χ1v) is 8.11. The van der Waals surface area contributed by atoms with E-state index in [9.17, 15) is 0 Å². The number of imidazole rings is 1.